The van der Waals surface area contributed by atoms with Gasteiger partial charge in [-0.15, -0.1) is 0 Å². The van der Waals surface area contributed by atoms with Gasteiger partial charge in [-0.1, -0.05) is 19.6 Å². The smallest absolute Gasteiger partial charge is 0.186 e. The van der Waals surface area contributed by atoms with Crippen molar-refractivity contribution < 1.29 is 14.6 Å². The molecule has 0 aromatic heterocycles. The van der Waals surface area contributed by atoms with E-state index in [1.54, 1.807) is 12.1 Å². The third-order valence-corrected chi connectivity index (χ3v) is 2.74. The summed E-state index contributed by atoms with van der Waals surface area (Å²) in [5.41, 5.74) is 0. The van der Waals surface area contributed by atoms with Gasteiger partial charge in [0.2, 0.25) is 0 Å². The van der Waals surface area contributed by atoms with Crippen molar-refractivity contribution >= 4 is 8.07 Å². The van der Waals surface area contributed by atoms with E-state index >= 15 is 0 Å². The Hall–Kier alpha value is -1.00. The summed E-state index contributed by atoms with van der Waals surface area (Å²) in [4.78, 5) is 0. The number of hydrogen-bond acceptors (Lipinski definition) is 3. The van der Waals surface area contributed by atoms with Gasteiger partial charge in [0.1, 0.15) is 11.5 Å². The molecular weight excluding hydrogens is 208 g/mol. The molecule has 0 atom stereocenters. The summed E-state index contributed by atoms with van der Waals surface area (Å²) in [6, 6.07) is 7.28. The number of ether oxygens (including phenoxy) is 2. The second-order valence-corrected chi connectivity index (χ2v) is 10.0. The summed E-state index contributed by atoms with van der Waals surface area (Å²) in [6.45, 7) is 6.48. The normalized spacial score (nSPS) is 11.2. The van der Waals surface area contributed by atoms with Gasteiger partial charge in [-0.2, -0.15) is 0 Å². The molecule has 3 nitrogen and oxygen atoms in total. The van der Waals surface area contributed by atoms with E-state index in [0.29, 0.717) is 5.75 Å². The molecule has 1 aromatic rings. The van der Waals surface area contributed by atoms with Gasteiger partial charge in [-0.25, -0.2) is 0 Å². The fraction of sp³-hybridized carbons (Fsp3) is 0.455. The number of rotatable bonds is 5. The Morgan fingerprint density at radius 1 is 1.00 bits per heavy atom. The van der Waals surface area contributed by atoms with Gasteiger partial charge in [0.05, 0.1) is 14.3 Å². The van der Waals surface area contributed by atoms with Gasteiger partial charge in [-0.05, 0) is 24.3 Å². The zero-order chi connectivity index (χ0) is 11.3. The Balaban J connectivity index is 2.50. The van der Waals surface area contributed by atoms with E-state index in [0.717, 1.165) is 12.0 Å². The lowest BCUT2D eigenvalue weighted by Gasteiger charge is -2.16. The summed E-state index contributed by atoms with van der Waals surface area (Å²) < 4.78 is 10.6. The molecule has 0 radical (unpaired) electrons. The van der Waals surface area contributed by atoms with Crippen LogP contribution in [-0.2, 0) is 0 Å². The second kappa shape index (κ2) is 5.18. The maximum absolute atomic E-state index is 8.55. The standard InChI is InChI=1S/C11H18O3Si/c1-15(2,3)9-14-11-6-4-10(5-7-11)13-8-12/h4-7,12H,8-9H2,1-3H3. The SMILES string of the molecule is C[Si](C)(C)COc1ccc(OCO)cc1. The Morgan fingerprint density at radius 3 is 1.87 bits per heavy atom. The highest BCUT2D eigenvalue weighted by Gasteiger charge is 2.13. The molecule has 0 spiro atoms. The maximum atomic E-state index is 8.55. The molecule has 0 fully saturated rings. The van der Waals surface area contributed by atoms with Crippen LogP contribution in [0.3, 0.4) is 0 Å². The number of benzene rings is 1. The lowest BCUT2D eigenvalue weighted by atomic mass is 10.3. The second-order valence-electron chi connectivity index (χ2n) is 4.59. The third-order valence-electron chi connectivity index (χ3n) is 1.73. The molecule has 0 saturated carbocycles. The summed E-state index contributed by atoms with van der Waals surface area (Å²) in [5, 5.41) is 8.55. The molecule has 0 aliphatic rings. The van der Waals surface area contributed by atoms with Gasteiger partial charge in [0.25, 0.3) is 0 Å². The first-order valence-corrected chi connectivity index (χ1v) is 8.68. The quantitative estimate of drug-likeness (QED) is 0.618. The van der Waals surface area contributed by atoms with E-state index in [-0.39, 0.29) is 6.79 Å². The predicted molar refractivity (Wildman–Crippen MR) is 63.0 cm³/mol. The molecule has 4 heteroatoms. The van der Waals surface area contributed by atoms with E-state index in [1.165, 1.54) is 0 Å². The minimum atomic E-state index is -1.16. The van der Waals surface area contributed by atoms with Crippen LogP contribution in [0.4, 0.5) is 0 Å². The number of aliphatic hydroxyl groups excluding tert-OH is 1. The first-order chi connectivity index (χ1) is 7.01. The largest absolute Gasteiger partial charge is 0.497 e. The molecule has 0 aliphatic carbocycles. The topological polar surface area (TPSA) is 38.7 Å². The van der Waals surface area contributed by atoms with Crippen LogP contribution in [0.5, 0.6) is 11.5 Å². The van der Waals surface area contributed by atoms with Crippen molar-refractivity contribution in [2.75, 3.05) is 13.0 Å². The van der Waals surface area contributed by atoms with Crippen LogP contribution >= 0.6 is 0 Å². The molecular formula is C11H18O3Si. The van der Waals surface area contributed by atoms with E-state index in [9.17, 15) is 0 Å². The van der Waals surface area contributed by atoms with Crippen LogP contribution in [0.1, 0.15) is 0 Å². The zero-order valence-corrected chi connectivity index (χ0v) is 10.5. The summed E-state index contributed by atoms with van der Waals surface area (Å²) in [7, 11) is -1.16. The van der Waals surface area contributed by atoms with Crippen LogP contribution in [0.15, 0.2) is 24.3 Å². The van der Waals surface area contributed by atoms with E-state index < -0.39 is 8.07 Å². The van der Waals surface area contributed by atoms with Gasteiger partial charge < -0.3 is 14.6 Å². The highest BCUT2D eigenvalue weighted by molar-refractivity contribution is 6.76. The van der Waals surface area contributed by atoms with Crippen molar-refractivity contribution in [2.45, 2.75) is 19.6 Å². The lowest BCUT2D eigenvalue weighted by Crippen LogP contribution is -2.29. The van der Waals surface area contributed by atoms with Crippen molar-refractivity contribution in [1.29, 1.82) is 0 Å². The minimum Gasteiger partial charge on any atom is -0.497 e. The molecule has 1 rings (SSSR count). The van der Waals surface area contributed by atoms with Gasteiger partial charge in [0, 0.05) is 0 Å². The van der Waals surface area contributed by atoms with Crippen LogP contribution in [0.25, 0.3) is 0 Å². The zero-order valence-electron chi connectivity index (χ0n) is 9.49. The molecule has 15 heavy (non-hydrogen) atoms. The fourth-order valence-electron chi connectivity index (χ4n) is 1.01. The highest BCUT2D eigenvalue weighted by atomic mass is 28.3. The Bertz CT molecular complexity index is 290. The third kappa shape index (κ3) is 4.85. The van der Waals surface area contributed by atoms with Gasteiger partial charge in [-0.3, -0.25) is 0 Å². The van der Waals surface area contributed by atoms with E-state index in [4.69, 9.17) is 14.6 Å². The van der Waals surface area contributed by atoms with Crippen molar-refractivity contribution in [3.63, 3.8) is 0 Å². The van der Waals surface area contributed by atoms with Crippen molar-refractivity contribution in [3.05, 3.63) is 24.3 Å². The van der Waals surface area contributed by atoms with Gasteiger partial charge >= 0.3 is 0 Å². The molecule has 0 amide bonds. The summed E-state index contributed by atoms with van der Waals surface area (Å²) in [6.07, 6.45) is 0.813. The van der Waals surface area contributed by atoms with Crippen LogP contribution in [0, 0.1) is 0 Å². The molecule has 0 bridgehead atoms. The van der Waals surface area contributed by atoms with Crippen LogP contribution in [-0.4, -0.2) is 26.2 Å². The molecule has 0 aliphatic heterocycles. The maximum Gasteiger partial charge on any atom is 0.186 e. The highest BCUT2D eigenvalue weighted by Crippen LogP contribution is 2.18. The first kappa shape index (κ1) is 12.1. The van der Waals surface area contributed by atoms with Crippen molar-refractivity contribution in [3.8, 4) is 11.5 Å². The Kier molecular flexibility index (Phi) is 4.17. The van der Waals surface area contributed by atoms with Crippen molar-refractivity contribution in [1.82, 2.24) is 0 Å². The molecule has 0 saturated heterocycles. The molecule has 1 aromatic carbocycles. The molecule has 84 valence electrons. The minimum absolute atomic E-state index is 0.297. The number of hydrogen-bond donors (Lipinski definition) is 1. The lowest BCUT2D eigenvalue weighted by molar-refractivity contribution is 0.0985. The Morgan fingerprint density at radius 2 is 1.47 bits per heavy atom. The summed E-state index contributed by atoms with van der Waals surface area (Å²) in [5.74, 6) is 1.50. The van der Waals surface area contributed by atoms with E-state index in [1.807, 2.05) is 12.1 Å². The van der Waals surface area contributed by atoms with Crippen LogP contribution in [0.2, 0.25) is 19.6 Å². The average Bonchev–Trinajstić information content (AvgIpc) is 2.16. The molecule has 0 heterocycles. The monoisotopic (exact) mass is 226 g/mol. The Labute approximate surface area is 91.7 Å². The van der Waals surface area contributed by atoms with Gasteiger partial charge in [0.15, 0.2) is 6.79 Å². The van der Waals surface area contributed by atoms with E-state index in [2.05, 4.69) is 19.6 Å². The molecule has 0 unspecified atom stereocenters. The number of aliphatic hydroxyl groups is 1. The fourth-order valence-corrected chi connectivity index (χ4v) is 1.61. The first-order valence-electron chi connectivity index (χ1n) is 4.98. The van der Waals surface area contributed by atoms with Crippen LogP contribution < -0.4 is 9.47 Å². The molecule has 1 N–H and O–H groups in total. The summed E-state index contributed by atoms with van der Waals surface area (Å²) >= 11 is 0. The average molecular weight is 226 g/mol. The predicted octanol–water partition coefficient (Wildman–Crippen LogP) is 2.27. The van der Waals surface area contributed by atoms with Crippen molar-refractivity contribution in [2.24, 2.45) is 0 Å².